The maximum Gasteiger partial charge on any atom is 0.201 e. The maximum absolute atomic E-state index is 6.01. The summed E-state index contributed by atoms with van der Waals surface area (Å²) in [4.78, 5) is 8.46. The first kappa shape index (κ1) is 13.4. The van der Waals surface area contributed by atoms with Crippen LogP contribution in [0.4, 0.5) is 5.95 Å². The summed E-state index contributed by atoms with van der Waals surface area (Å²) in [5, 5.41) is 0. The van der Waals surface area contributed by atoms with Crippen LogP contribution in [-0.4, -0.2) is 19.1 Å². The van der Waals surface area contributed by atoms with E-state index in [4.69, 9.17) is 5.73 Å². The first-order valence-electron chi connectivity index (χ1n) is 6.61. The van der Waals surface area contributed by atoms with E-state index in [0.29, 0.717) is 5.95 Å². The van der Waals surface area contributed by atoms with Gasteiger partial charge in [-0.2, -0.15) is 0 Å². The molecule has 104 valence electrons. The number of fused-ring (bicyclic) bond motifs is 1. The van der Waals surface area contributed by atoms with Gasteiger partial charge in [0.2, 0.25) is 5.95 Å². The molecule has 0 atom stereocenters. The summed E-state index contributed by atoms with van der Waals surface area (Å²) >= 11 is 2.29. The van der Waals surface area contributed by atoms with Crippen LogP contribution in [0.5, 0.6) is 0 Å². The number of unbranched alkanes of at least 4 members (excludes halogenated alkanes) is 1. The monoisotopic (exact) mass is 381 g/mol. The highest BCUT2D eigenvalue weighted by atomic mass is 127. The molecule has 2 heterocycles. The Bertz CT molecular complexity index is 702. The second kappa shape index (κ2) is 5.82. The molecule has 0 aliphatic rings. The number of nitrogens with zero attached hydrogens (tertiary/aromatic N) is 4. The van der Waals surface area contributed by atoms with Crippen molar-refractivity contribution in [1.82, 2.24) is 19.1 Å². The molecule has 5 nitrogen and oxygen atoms in total. The highest BCUT2D eigenvalue weighted by Crippen LogP contribution is 2.20. The number of halogens is 1. The smallest absolute Gasteiger partial charge is 0.201 e. The number of nitrogen functional groups attached to an aromatic ring is 1. The molecule has 2 N–H and O–H groups in total. The molecule has 0 aliphatic carbocycles. The van der Waals surface area contributed by atoms with E-state index in [-0.39, 0.29) is 0 Å². The van der Waals surface area contributed by atoms with Crippen molar-refractivity contribution < 1.29 is 0 Å². The quantitative estimate of drug-likeness (QED) is 0.546. The second-order valence-corrected chi connectivity index (χ2v) is 6.01. The molecule has 0 radical (unpaired) electrons. The Kier molecular flexibility index (Phi) is 3.90. The van der Waals surface area contributed by atoms with E-state index in [9.17, 15) is 0 Å². The molecule has 0 unspecified atom stereocenters. The fraction of sp³-hybridized carbons (Fsp3) is 0.286. The Morgan fingerprint density at radius 1 is 1.20 bits per heavy atom. The zero-order valence-electron chi connectivity index (χ0n) is 11.0. The van der Waals surface area contributed by atoms with Crippen molar-refractivity contribution in [1.29, 1.82) is 0 Å². The molecule has 0 saturated carbocycles. The van der Waals surface area contributed by atoms with Gasteiger partial charge < -0.3 is 14.9 Å². The van der Waals surface area contributed by atoms with Crippen LogP contribution in [0.2, 0.25) is 0 Å². The number of aromatic nitrogens is 4. The van der Waals surface area contributed by atoms with E-state index in [2.05, 4.69) is 59.9 Å². The van der Waals surface area contributed by atoms with Gasteiger partial charge in [0.1, 0.15) is 0 Å². The molecule has 0 aliphatic heterocycles. The number of nitrogens with two attached hydrogens (primary N) is 1. The van der Waals surface area contributed by atoms with Crippen LogP contribution in [0, 0.1) is 3.57 Å². The molecule has 2 aromatic heterocycles. The van der Waals surface area contributed by atoms with Crippen LogP contribution in [-0.2, 0) is 13.1 Å². The lowest BCUT2D eigenvalue weighted by Crippen LogP contribution is -2.04. The van der Waals surface area contributed by atoms with Crippen LogP contribution in [0.15, 0.2) is 36.9 Å². The minimum atomic E-state index is 0.602. The van der Waals surface area contributed by atoms with Gasteiger partial charge in [-0.15, -0.1) is 0 Å². The number of imidazole rings is 2. The first-order valence-corrected chi connectivity index (χ1v) is 7.69. The Balaban J connectivity index is 1.66. The minimum Gasteiger partial charge on any atom is -0.369 e. The van der Waals surface area contributed by atoms with Crippen molar-refractivity contribution in [2.45, 2.75) is 25.9 Å². The Morgan fingerprint density at radius 2 is 2.05 bits per heavy atom. The molecule has 0 bridgehead atoms. The molecular formula is C14H16IN5. The zero-order chi connectivity index (χ0) is 13.9. The summed E-state index contributed by atoms with van der Waals surface area (Å²) in [5.41, 5.74) is 8.11. The third-order valence-electron chi connectivity index (χ3n) is 3.35. The first-order chi connectivity index (χ1) is 9.74. The third-order valence-corrected chi connectivity index (χ3v) is 4.02. The highest BCUT2D eigenvalue weighted by molar-refractivity contribution is 14.1. The van der Waals surface area contributed by atoms with Gasteiger partial charge in [0.05, 0.1) is 17.4 Å². The number of hydrogen-bond acceptors (Lipinski definition) is 3. The Morgan fingerprint density at radius 3 is 2.85 bits per heavy atom. The minimum absolute atomic E-state index is 0.602. The summed E-state index contributed by atoms with van der Waals surface area (Å²) in [7, 11) is 0. The van der Waals surface area contributed by atoms with Gasteiger partial charge in [0.15, 0.2) is 0 Å². The summed E-state index contributed by atoms with van der Waals surface area (Å²) in [5.74, 6) is 0.602. The number of benzene rings is 1. The van der Waals surface area contributed by atoms with Crippen molar-refractivity contribution in [3.8, 4) is 0 Å². The number of rotatable bonds is 5. The average molecular weight is 381 g/mol. The summed E-state index contributed by atoms with van der Waals surface area (Å²) in [6.07, 6.45) is 7.81. The highest BCUT2D eigenvalue weighted by Gasteiger charge is 2.07. The molecule has 0 spiro atoms. The fourth-order valence-electron chi connectivity index (χ4n) is 2.34. The predicted octanol–water partition coefficient (Wildman–Crippen LogP) is 2.90. The lowest BCUT2D eigenvalue weighted by Gasteiger charge is -2.07. The maximum atomic E-state index is 6.01. The van der Waals surface area contributed by atoms with Gasteiger partial charge in [0, 0.05) is 29.1 Å². The largest absolute Gasteiger partial charge is 0.369 e. The van der Waals surface area contributed by atoms with E-state index in [1.54, 1.807) is 0 Å². The number of hydrogen-bond donors (Lipinski definition) is 1. The number of anilines is 1. The second-order valence-electron chi connectivity index (χ2n) is 4.76. The summed E-state index contributed by atoms with van der Waals surface area (Å²) in [6.45, 7) is 1.89. The molecule has 6 heteroatoms. The molecule has 1 aromatic carbocycles. The van der Waals surface area contributed by atoms with Gasteiger partial charge in [-0.1, -0.05) is 0 Å². The third kappa shape index (κ3) is 2.79. The van der Waals surface area contributed by atoms with Crippen molar-refractivity contribution >= 4 is 39.6 Å². The zero-order valence-corrected chi connectivity index (χ0v) is 13.2. The molecular weight excluding hydrogens is 365 g/mol. The molecule has 0 amide bonds. The SMILES string of the molecule is Nc1nc2cc(I)ccc2n1CCCCn1ccnc1. The van der Waals surface area contributed by atoms with Crippen LogP contribution >= 0.6 is 22.6 Å². The van der Waals surface area contributed by atoms with Crippen molar-refractivity contribution in [2.24, 2.45) is 0 Å². The molecule has 20 heavy (non-hydrogen) atoms. The Labute approximate surface area is 131 Å². The van der Waals surface area contributed by atoms with E-state index in [1.165, 1.54) is 3.57 Å². The van der Waals surface area contributed by atoms with Gasteiger partial charge in [-0.25, -0.2) is 9.97 Å². The van der Waals surface area contributed by atoms with E-state index in [1.807, 2.05) is 18.7 Å². The van der Waals surface area contributed by atoms with Crippen LogP contribution < -0.4 is 5.73 Å². The normalized spacial score (nSPS) is 11.2. The van der Waals surface area contributed by atoms with Crippen molar-refractivity contribution in [3.05, 3.63) is 40.5 Å². The van der Waals surface area contributed by atoms with Gasteiger partial charge >= 0.3 is 0 Å². The summed E-state index contributed by atoms with van der Waals surface area (Å²) in [6, 6.07) is 6.25. The van der Waals surface area contributed by atoms with Gasteiger partial charge in [-0.05, 0) is 53.6 Å². The van der Waals surface area contributed by atoms with Crippen LogP contribution in [0.25, 0.3) is 11.0 Å². The van der Waals surface area contributed by atoms with E-state index in [0.717, 1.165) is 37.0 Å². The topological polar surface area (TPSA) is 61.7 Å². The fourth-order valence-corrected chi connectivity index (χ4v) is 2.81. The molecule has 3 rings (SSSR count). The molecule has 3 aromatic rings. The predicted molar refractivity (Wildman–Crippen MR) is 88.3 cm³/mol. The van der Waals surface area contributed by atoms with Crippen molar-refractivity contribution in [2.75, 3.05) is 5.73 Å². The molecule has 0 saturated heterocycles. The van der Waals surface area contributed by atoms with Crippen molar-refractivity contribution in [3.63, 3.8) is 0 Å². The Hall–Kier alpha value is -1.57. The average Bonchev–Trinajstić information content (AvgIpc) is 3.02. The van der Waals surface area contributed by atoms with E-state index < -0.39 is 0 Å². The lowest BCUT2D eigenvalue weighted by molar-refractivity contribution is 0.562. The lowest BCUT2D eigenvalue weighted by atomic mass is 10.3. The van der Waals surface area contributed by atoms with Gasteiger partial charge in [0.25, 0.3) is 0 Å². The molecule has 0 fully saturated rings. The van der Waals surface area contributed by atoms with E-state index >= 15 is 0 Å². The summed E-state index contributed by atoms with van der Waals surface area (Å²) < 4.78 is 5.37. The standard InChI is InChI=1S/C14H16IN5/c15-11-3-4-13-12(9-11)18-14(16)20(13)7-2-1-6-19-8-5-17-10-19/h3-5,8-10H,1-2,6-7H2,(H2,16,18). The number of aryl methyl sites for hydroxylation is 2. The van der Waals surface area contributed by atoms with Crippen LogP contribution in [0.1, 0.15) is 12.8 Å². The van der Waals surface area contributed by atoms with Gasteiger partial charge in [-0.3, -0.25) is 0 Å². The van der Waals surface area contributed by atoms with Crippen LogP contribution in [0.3, 0.4) is 0 Å².